The van der Waals surface area contributed by atoms with Gasteiger partial charge in [-0.1, -0.05) is 12.1 Å². The number of benzene rings is 2. The summed E-state index contributed by atoms with van der Waals surface area (Å²) in [6.07, 6.45) is 4.84. The Bertz CT molecular complexity index is 1050. The molecule has 0 aromatic heterocycles. The van der Waals surface area contributed by atoms with Gasteiger partial charge in [0, 0.05) is 18.0 Å². The van der Waals surface area contributed by atoms with Gasteiger partial charge in [-0.15, -0.1) is 11.8 Å². The maximum atomic E-state index is 13.0. The summed E-state index contributed by atoms with van der Waals surface area (Å²) in [6, 6.07) is 10.7. The summed E-state index contributed by atoms with van der Waals surface area (Å²) in [5.41, 5.74) is 0.588. The van der Waals surface area contributed by atoms with Gasteiger partial charge in [0.25, 0.3) is 15.9 Å². The number of hydrogen-bond acceptors (Lipinski definition) is 6. The van der Waals surface area contributed by atoms with Crippen LogP contribution in [0.25, 0.3) is 0 Å². The number of nitrogens with zero attached hydrogens (tertiary/aromatic N) is 1. The van der Waals surface area contributed by atoms with Crippen molar-refractivity contribution in [1.29, 1.82) is 0 Å². The highest BCUT2D eigenvalue weighted by atomic mass is 32.2. The van der Waals surface area contributed by atoms with Crippen LogP contribution in [0.15, 0.2) is 52.3 Å². The predicted molar refractivity (Wildman–Crippen MR) is 117 cm³/mol. The van der Waals surface area contributed by atoms with Crippen molar-refractivity contribution in [3.63, 3.8) is 0 Å². The number of rotatable bonds is 6. The zero-order chi connectivity index (χ0) is 21.7. The number of anilines is 1. The van der Waals surface area contributed by atoms with Crippen molar-refractivity contribution in [2.75, 3.05) is 31.2 Å². The summed E-state index contributed by atoms with van der Waals surface area (Å²) in [7, 11) is -2.80. The van der Waals surface area contributed by atoms with E-state index in [1.807, 2.05) is 6.26 Å². The SMILES string of the molecule is COC(=O)c1ccccc1NS(=O)(=O)c1ccc(SC)c(C(=O)N2CCCCC2)c1. The molecule has 0 bridgehead atoms. The lowest BCUT2D eigenvalue weighted by atomic mass is 10.1. The smallest absolute Gasteiger partial charge is 0.339 e. The van der Waals surface area contributed by atoms with Crippen molar-refractivity contribution >= 4 is 39.3 Å². The zero-order valence-corrected chi connectivity index (χ0v) is 18.5. The molecule has 1 heterocycles. The highest BCUT2D eigenvalue weighted by molar-refractivity contribution is 7.98. The fraction of sp³-hybridized carbons (Fsp3) is 0.333. The quantitative estimate of drug-likeness (QED) is 0.536. The average Bonchev–Trinajstić information content (AvgIpc) is 2.78. The molecule has 1 amide bonds. The average molecular weight is 449 g/mol. The predicted octanol–water partition coefficient (Wildman–Crippen LogP) is 3.62. The number of ether oxygens (including phenoxy) is 1. The summed E-state index contributed by atoms with van der Waals surface area (Å²) in [5, 5.41) is 0. The van der Waals surface area contributed by atoms with E-state index in [1.54, 1.807) is 23.1 Å². The largest absolute Gasteiger partial charge is 0.465 e. The van der Waals surface area contributed by atoms with Crippen molar-refractivity contribution < 1.29 is 22.7 Å². The summed E-state index contributed by atoms with van der Waals surface area (Å²) >= 11 is 1.40. The van der Waals surface area contributed by atoms with Gasteiger partial charge in [0.15, 0.2) is 0 Å². The number of amides is 1. The van der Waals surface area contributed by atoms with Gasteiger partial charge in [0.2, 0.25) is 0 Å². The van der Waals surface area contributed by atoms with Crippen LogP contribution < -0.4 is 4.72 Å². The zero-order valence-electron chi connectivity index (χ0n) is 16.9. The number of sulfonamides is 1. The van der Waals surface area contributed by atoms with E-state index < -0.39 is 16.0 Å². The number of carbonyl (C=O) groups is 2. The van der Waals surface area contributed by atoms with Crippen LogP contribution in [0.1, 0.15) is 40.0 Å². The molecule has 1 fully saturated rings. The maximum absolute atomic E-state index is 13.0. The number of thioether (sulfide) groups is 1. The summed E-state index contributed by atoms with van der Waals surface area (Å²) in [4.78, 5) is 27.4. The van der Waals surface area contributed by atoms with Crippen LogP contribution >= 0.6 is 11.8 Å². The third-order valence-corrected chi connectivity index (χ3v) is 7.09. The van der Waals surface area contributed by atoms with Gasteiger partial charge < -0.3 is 9.64 Å². The number of para-hydroxylation sites is 1. The number of carbonyl (C=O) groups excluding carboxylic acids is 2. The molecule has 1 aliphatic heterocycles. The third kappa shape index (κ3) is 4.79. The lowest BCUT2D eigenvalue weighted by Gasteiger charge is -2.27. The first kappa shape index (κ1) is 22.2. The molecule has 30 heavy (non-hydrogen) atoms. The van der Waals surface area contributed by atoms with Gasteiger partial charge in [0.1, 0.15) is 0 Å². The van der Waals surface area contributed by atoms with Crippen LogP contribution in [-0.4, -0.2) is 51.6 Å². The van der Waals surface area contributed by atoms with Crippen molar-refractivity contribution in [3.05, 3.63) is 53.6 Å². The molecule has 1 aliphatic rings. The Morgan fingerprint density at radius 1 is 1.03 bits per heavy atom. The fourth-order valence-electron chi connectivity index (χ4n) is 3.35. The van der Waals surface area contributed by atoms with Crippen LogP contribution in [0.4, 0.5) is 5.69 Å². The number of hydrogen-bond donors (Lipinski definition) is 1. The van der Waals surface area contributed by atoms with E-state index in [0.717, 1.165) is 24.2 Å². The lowest BCUT2D eigenvalue weighted by Crippen LogP contribution is -2.36. The minimum atomic E-state index is -4.03. The van der Waals surface area contributed by atoms with Gasteiger partial charge in [-0.25, -0.2) is 13.2 Å². The lowest BCUT2D eigenvalue weighted by molar-refractivity contribution is 0.0601. The first-order valence-corrected chi connectivity index (χ1v) is 12.3. The van der Waals surface area contributed by atoms with E-state index in [0.29, 0.717) is 18.7 Å². The topological polar surface area (TPSA) is 92.8 Å². The second kappa shape index (κ2) is 9.53. The fourth-order valence-corrected chi connectivity index (χ4v) is 5.03. The minimum Gasteiger partial charge on any atom is -0.465 e. The van der Waals surface area contributed by atoms with E-state index in [9.17, 15) is 18.0 Å². The van der Waals surface area contributed by atoms with Gasteiger partial charge in [-0.05, 0) is 55.9 Å². The molecule has 1 saturated heterocycles. The molecule has 0 aliphatic carbocycles. The van der Waals surface area contributed by atoms with Crippen LogP contribution in [0.3, 0.4) is 0 Å². The van der Waals surface area contributed by atoms with Crippen molar-refractivity contribution in [2.24, 2.45) is 0 Å². The van der Waals surface area contributed by atoms with Gasteiger partial charge >= 0.3 is 5.97 Å². The molecule has 3 rings (SSSR count). The number of esters is 1. The normalized spacial score (nSPS) is 14.3. The summed E-state index contributed by atoms with van der Waals surface area (Å²) in [6.45, 7) is 1.35. The maximum Gasteiger partial charge on any atom is 0.339 e. The highest BCUT2D eigenvalue weighted by Gasteiger charge is 2.25. The third-order valence-electron chi connectivity index (χ3n) is 4.93. The molecule has 1 N–H and O–H groups in total. The first-order valence-electron chi connectivity index (χ1n) is 9.55. The van der Waals surface area contributed by atoms with E-state index in [1.165, 1.54) is 43.1 Å². The monoisotopic (exact) mass is 448 g/mol. The molecule has 2 aromatic rings. The van der Waals surface area contributed by atoms with Crippen molar-refractivity contribution in [3.8, 4) is 0 Å². The number of nitrogens with one attached hydrogen (secondary N) is 1. The molecule has 2 aromatic carbocycles. The van der Waals surface area contributed by atoms with E-state index in [4.69, 9.17) is 4.74 Å². The molecular weight excluding hydrogens is 424 g/mol. The Morgan fingerprint density at radius 3 is 2.40 bits per heavy atom. The summed E-state index contributed by atoms with van der Waals surface area (Å²) in [5.74, 6) is -0.807. The number of methoxy groups -OCH3 is 1. The molecule has 0 spiro atoms. The Balaban J connectivity index is 1.95. The Hall–Kier alpha value is -2.52. The van der Waals surface area contributed by atoms with Gasteiger partial charge in [-0.3, -0.25) is 9.52 Å². The Kier molecular flexibility index (Phi) is 7.04. The first-order chi connectivity index (χ1) is 14.4. The van der Waals surface area contributed by atoms with E-state index in [-0.39, 0.29) is 22.1 Å². The standard InChI is InChI=1S/C21H24N2O5S2/c1-28-21(25)16-8-4-5-9-18(16)22-30(26,27)15-10-11-19(29-2)17(14-15)20(24)23-12-6-3-7-13-23/h4-5,8-11,14,22H,3,6-7,12-13H2,1-2H3. The highest BCUT2D eigenvalue weighted by Crippen LogP contribution is 2.28. The second-order valence-electron chi connectivity index (χ2n) is 6.86. The Labute approximate surface area is 180 Å². The number of likely N-dealkylation sites (tertiary alicyclic amines) is 1. The summed E-state index contributed by atoms with van der Waals surface area (Å²) < 4.78 is 33.2. The Morgan fingerprint density at radius 2 is 1.73 bits per heavy atom. The van der Waals surface area contributed by atoms with E-state index >= 15 is 0 Å². The molecule has 7 nitrogen and oxygen atoms in total. The van der Waals surface area contributed by atoms with Crippen molar-refractivity contribution in [1.82, 2.24) is 4.90 Å². The molecule has 0 unspecified atom stereocenters. The van der Waals surface area contributed by atoms with Crippen molar-refractivity contribution in [2.45, 2.75) is 29.1 Å². The van der Waals surface area contributed by atoms with E-state index in [2.05, 4.69) is 4.72 Å². The van der Waals surface area contributed by atoms with Crippen LogP contribution in [0.2, 0.25) is 0 Å². The number of piperidine rings is 1. The molecule has 0 atom stereocenters. The molecule has 160 valence electrons. The van der Waals surface area contributed by atoms with Crippen LogP contribution in [0, 0.1) is 0 Å². The van der Waals surface area contributed by atoms with Gasteiger partial charge in [-0.2, -0.15) is 0 Å². The molecule has 9 heteroatoms. The van der Waals surface area contributed by atoms with Crippen LogP contribution in [0.5, 0.6) is 0 Å². The second-order valence-corrected chi connectivity index (χ2v) is 9.39. The molecular formula is C21H24N2O5S2. The minimum absolute atomic E-state index is 0.0414. The molecule has 0 radical (unpaired) electrons. The molecule has 0 saturated carbocycles. The van der Waals surface area contributed by atoms with Gasteiger partial charge in [0.05, 0.1) is 28.8 Å². The van der Waals surface area contributed by atoms with Crippen LogP contribution in [-0.2, 0) is 14.8 Å².